The van der Waals surface area contributed by atoms with E-state index in [0.717, 1.165) is 67.8 Å². The number of imidazole rings is 1. The Morgan fingerprint density at radius 3 is 1.40 bits per heavy atom. The molecule has 222 valence electrons. The lowest BCUT2D eigenvalue weighted by Crippen LogP contribution is -2.23. The zero-order valence-electron chi connectivity index (χ0n) is 25.5. The van der Waals surface area contributed by atoms with Crippen molar-refractivity contribution < 1.29 is 0 Å². The van der Waals surface area contributed by atoms with Gasteiger partial charge in [-0.05, 0) is 54.1 Å². The lowest BCUT2D eigenvalue weighted by molar-refractivity contribution is 1.11. The molecule has 8 aromatic rings. The highest BCUT2D eigenvalue weighted by atomic mass is 15.3. The molecule has 5 nitrogen and oxygen atoms in total. The third-order valence-corrected chi connectivity index (χ3v) is 8.77. The molecular weight excluding hydrogens is 574 g/mol. The second-order valence-electron chi connectivity index (χ2n) is 11.6. The average Bonchev–Trinajstić information content (AvgIpc) is 3.54. The van der Waals surface area contributed by atoms with Gasteiger partial charge in [-0.3, -0.25) is 4.40 Å². The van der Waals surface area contributed by atoms with Crippen LogP contribution in [0.25, 0.3) is 39.4 Å². The highest BCUT2D eigenvalue weighted by Gasteiger charge is 2.30. The number of hydrogen-bond acceptors (Lipinski definition) is 4. The predicted octanol–water partition coefficient (Wildman–Crippen LogP) is 11.0. The van der Waals surface area contributed by atoms with Gasteiger partial charge in [0.15, 0.2) is 0 Å². The van der Waals surface area contributed by atoms with Gasteiger partial charge in [-0.15, -0.1) is 0 Å². The summed E-state index contributed by atoms with van der Waals surface area (Å²) in [5.41, 5.74) is 13.0. The first kappa shape index (κ1) is 26.9. The zero-order chi connectivity index (χ0) is 31.2. The molecular formula is C42H29N5. The van der Waals surface area contributed by atoms with Gasteiger partial charge in [0.25, 0.3) is 0 Å². The minimum absolute atomic E-state index is 0.674. The first-order valence-electron chi connectivity index (χ1n) is 15.8. The third kappa shape index (κ3) is 4.56. The molecule has 0 spiro atoms. The highest BCUT2D eigenvalue weighted by Crippen LogP contribution is 2.53. The Bertz CT molecular complexity index is 2300. The number of nitrogens with zero attached hydrogens (tertiary/aromatic N) is 5. The molecule has 0 amide bonds. The van der Waals surface area contributed by atoms with Crippen molar-refractivity contribution in [3.8, 4) is 33.6 Å². The monoisotopic (exact) mass is 603 g/mol. The first-order valence-corrected chi connectivity index (χ1v) is 15.8. The molecule has 0 fully saturated rings. The second kappa shape index (κ2) is 11.2. The second-order valence-corrected chi connectivity index (χ2v) is 11.6. The Hall–Kier alpha value is -6.46. The Kier molecular flexibility index (Phi) is 6.39. The molecule has 9 rings (SSSR count). The van der Waals surface area contributed by atoms with E-state index >= 15 is 0 Å². The van der Waals surface area contributed by atoms with E-state index in [0.29, 0.717) is 5.78 Å². The summed E-state index contributed by atoms with van der Waals surface area (Å²) >= 11 is 0. The van der Waals surface area contributed by atoms with Crippen LogP contribution in [-0.4, -0.2) is 14.4 Å². The first-order chi connectivity index (χ1) is 23.3. The van der Waals surface area contributed by atoms with Crippen molar-refractivity contribution in [1.29, 1.82) is 0 Å². The molecule has 0 saturated heterocycles. The van der Waals surface area contributed by atoms with Crippen LogP contribution in [-0.2, 0) is 0 Å². The molecule has 0 saturated carbocycles. The molecule has 5 heteroatoms. The normalized spacial score (nSPS) is 12.2. The molecule has 1 aliphatic heterocycles. The maximum atomic E-state index is 4.98. The summed E-state index contributed by atoms with van der Waals surface area (Å²) in [6.45, 7) is 0. The number of benzene rings is 6. The van der Waals surface area contributed by atoms with E-state index in [-0.39, 0.29) is 0 Å². The fraction of sp³-hybridized carbons (Fsp3) is 0. The van der Waals surface area contributed by atoms with Crippen molar-refractivity contribution in [3.05, 3.63) is 176 Å². The van der Waals surface area contributed by atoms with Crippen molar-refractivity contribution in [2.75, 3.05) is 9.80 Å². The van der Waals surface area contributed by atoms with Gasteiger partial charge in [0.2, 0.25) is 5.78 Å². The van der Waals surface area contributed by atoms with Crippen LogP contribution >= 0.6 is 0 Å². The summed E-state index contributed by atoms with van der Waals surface area (Å²) in [6.07, 6.45) is 4.08. The Morgan fingerprint density at radius 2 is 0.851 bits per heavy atom. The van der Waals surface area contributed by atoms with E-state index in [2.05, 4.69) is 160 Å². The largest absolute Gasteiger partial charge is 0.306 e. The maximum absolute atomic E-state index is 4.98. The van der Waals surface area contributed by atoms with Crippen LogP contribution < -0.4 is 9.80 Å². The summed E-state index contributed by atoms with van der Waals surface area (Å²) in [5, 5.41) is 0. The Labute approximate surface area is 273 Å². The van der Waals surface area contributed by atoms with Crippen molar-refractivity contribution in [2.45, 2.75) is 0 Å². The van der Waals surface area contributed by atoms with Gasteiger partial charge in [-0.2, -0.15) is 0 Å². The van der Waals surface area contributed by atoms with Crippen molar-refractivity contribution in [3.63, 3.8) is 0 Å². The zero-order valence-corrected chi connectivity index (χ0v) is 25.5. The molecule has 0 atom stereocenters. The van der Waals surface area contributed by atoms with Gasteiger partial charge < -0.3 is 9.80 Å². The Morgan fingerprint density at radius 1 is 0.383 bits per heavy atom. The molecule has 0 radical (unpaired) electrons. The molecule has 0 N–H and O–H groups in total. The molecule has 1 aliphatic rings. The van der Waals surface area contributed by atoms with E-state index in [9.17, 15) is 0 Å². The van der Waals surface area contributed by atoms with Gasteiger partial charge in [-0.1, -0.05) is 115 Å². The van der Waals surface area contributed by atoms with Crippen LogP contribution in [0.1, 0.15) is 0 Å². The topological polar surface area (TPSA) is 36.7 Å². The van der Waals surface area contributed by atoms with E-state index in [1.807, 2.05) is 30.5 Å². The van der Waals surface area contributed by atoms with Gasteiger partial charge in [0.05, 0.1) is 34.1 Å². The van der Waals surface area contributed by atoms with Crippen LogP contribution in [0.15, 0.2) is 176 Å². The predicted molar refractivity (Wildman–Crippen MR) is 192 cm³/mol. The molecule has 0 aliphatic carbocycles. The molecule has 0 bridgehead atoms. The summed E-state index contributed by atoms with van der Waals surface area (Å²) < 4.78 is 2.12. The lowest BCUT2D eigenvalue weighted by Gasteiger charge is -2.40. The quantitative estimate of drug-likeness (QED) is 0.196. The highest BCUT2D eigenvalue weighted by molar-refractivity contribution is 6.01. The number of anilines is 6. The smallest absolute Gasteiger partial charge is 0.234 e. The summed E-state index contributed by atoms with van der Waals surface area (Å²) in [4.78, 5) is 14.5. The van der Waals surface area contributed by atoms with E-state index < -0.39 is 0 Å². The van der Waals surface area contributed by atoms with E-state index in [4.69, 9.17) is 9.97 Å². The minimum atomic E-state index is 0.674. The maximum Gasteiger partial charge on any atom is 0.234 e. The van der Waals surface area contributed by atoms with Crippen molar-refractivity contribution in [1.82, 2.24) is 14.4 Å². The number of rotatable bonds is 5. The standard InChI is InChI=1S/C42H29N5/c1-4-14-31(15-5-1)40-41(32-16-6-2-7-17-32)45-29-33(28-43-42(45)44-40)30-24-26-35(27-25-30)47-38-22-12-10-20-36(38)46(34-18-8-3-9-19-34)37-21-11-13-23-39(37)47/h1-29H. The fourth-order valence-corrected chi connectivity index (χ4v) is 6.63. The number of fused-ring (bicyclic) bond motifs is 3. The van der Waals surface area contributed by atoms with Gasteiger partial charge >= 0.3 is 0 Å². The minimum Gasteiger partial charge on any atom is -0.306 e. The van der Waals surface area contributed by atoms with E-state index in [1.54, 1.807) is 0 Å². The van der Waals surface area contributed by atoms with Crippen molar-refractivity contribution >= 4 is 39.9 Å². The SMILES string of the molecule is c1ccc(-c2nc3ncc(-c4ccc(N5c6ccccc6N(c6ccccc6)c6ccccc65)cc4)cn3c2-c2ccccc2)cc1. The Balaban J connectivity index is 1.14. The van der Waals surface area contributed by atoms with Gasteiger partial charge in [-0.25, -0.2) is 9.97 Å². The van der Waals surface area contributed by atoms with Crippen LogP contribution in [0.3, 0.4) is 0 Å². The molecule has 6 aromatic carbocycles. The number of para-hydroxylation sites is 5. The summed E-state index contributed by atoms with van der Waals surface area (Å²) in [6, 6.07) is 57.3. The van der Waals surface area contributed by atoms with Crippen LogP contribution in [0, 0.1) is 0 Å². The summed E-state index contributed by atoms with van der Waals surface area (Å²) in [7, 11) is 0. The summed E-state index contributed by atoms with van der Waals surface area (Å²) in [5.74, 6) is 0.674. The number of aromatic nitrogens is 3. The third-order valence-electron chi connectivity index (χ3n) is 8.77. The van der Waals surface area contributed by atoms with Crippen molar-refractivity contribution in [2.24, 2.45) is 0 Å². The lowest BCUT2D eigenvalue weighted by atomic mass is 10.0. The molecule has 3 heterocycles. The van der Waals surface area contributed by atoms with Gasteiger partial charge in [0.1, 0.15) is 0 Å². The van der Waals surface area contributed by atoms with E-state index in [1.165, 1.54) is 0 Å². The number of hydrogen-bond donors (Lipinski definition) is 0. The average molecular weight is 604 g/mol. The van der Waals surface area contributed by atoms with Crippen LogP contribution in [0.4, 0.5) is 34.1 Å². The van der Waals surface area contributed by atoms with Gasteiger partial charge in [0, 0.05) is 40.5 Å². The van der Waals surface area contributed by atoms with Crippen LogP contribution in [0.5, 0.6) is 0 Å². The molecule has 0 unspecified atom stereocenters. The molecule has 47 heavy (non-hydrogen) atoms. The van der Waals surface area contributed by atoms with Crippen LogP contribution in [0.2, 0.25) is 0 Å². The molecule has 2 aromatic heterocycles. The fourth-order valence-electron chi connectivity index (χ4n) is 6.63.